The summed E-state index contributed by atoms with van der Waals surface area (Å²) in [7, 11) is 0. The van der Waals surface area contributed by atoms with E-state index in [9.17, 15) is 0 Å². The second kappa shape index (κ2) is 7.28. The predicted octanol–water partition coefficient (Wildman–Crippen LogP) is 4.07. The van der Waals surface area contributed by atoms with E-state index in [1.54, 1.807) is 0 Å². The highest BCUT2D eigenvalue weighted by molar-refractivity contribution is 6.30. The number of benzene rings is 2. The molecule has 3 heteroatoms. The van der Waals surface area contributed by atoms with Gasteiger partial charge in [-0.3, -0.25) is 4.90 Å². The van der Waals surface area contributed by atoms with Crippen LogP contribution in [0.4, 0.5) is 0 Å². The molecule has 1 heterocycles. The van der Waals surface area contributed by atoms with Crippen molar-refractivity contribution in [3.8, 4) is 0 Å². The second-order valence-electron chi connectivity index (χ2n) is 5.84. The Kier molecular flexibility index (Phi) is 5.14. The van der Waals surface area contributed by atoms with Crippen LogP contribution in [0.25, 0.3) is 0 Å². The van der Waals surface area contributed by atoms with Crippen LogP contribution in [0.3, 0.4) is 0 Å². The maximum Gasteiger partial charge on any atom is 0.0602 e. The summed E-state index contributed by atoms with van der Waals surface area (Å²) in [6, 6.07) is 19.4. The third-order valence-corrected chi connectivity index (χ3v) is 4.77. The van der Waals surface area contributed by atoms with E-state index < -0.39 is 0 Å². The summed E-state index contributed by atoms with van der Waals surface area (Å²) in [6.45, 7) is 7.89. The van der Waals surface area contributed by atoms with Gasteiger partial charge in [-0.05, 0) is 29.8 Å². The zero-order chi connectivity index (χ0) is 15.4. The van der Waals surface area contributed by atoms with Gasteiger partial charge in [0, 0.05) is 31.2 Å². The first-order valence-corrected chi connectivity index (χ1v) is 8.42. The summed E-state index contributed by atoms with van der Waals surface area (Å²) in [5.41, 5.74) is 2.68. The summed E-state index contributed by atoms with van der Waals surface area (Å²) in [5, 5.41) is 0.798. The summed E-state index contributed by atoms with van der Waals surface area (Å²) >= 11 is 6.07. The van der Waals surface area contributed by atoms with Crippen LogP contribution in [-0.4, -0.2) is 42.5 Å². The van der Waals surface area contributed by atoms with Crippen molar-refractivity contribution >= 4 is 11.6 Å². The van der Waals surface area contributed by atoms with Gasteiger partial charge in [-0.2, -0.15) is 0 Å². The minimum atomic E-state index is 0.317. The van der Waals surface area contributed by atoms with Gasteiger partial charge in [0.05, 0.1) is 6.04 Å². The van der Waals surface area contributed by atoms with Crippen molar-refractivity contribution in [2.24, 2.45) is 0 Å². The van der Waals surface area contributed by atoms with E-state index in [1.807, 2.05) is 12.1 Å². The summed E-state index contributed by atoms with van der Waals surface area (Å²) in [5.74, 6) is 0. The molecule has 1 aliphatic rings. The quantitative estimate of drug-likeness (QED) is 0.839. The summed E-state index contributed by atoms with van der Waals surface area (Å²) in [4.78, 5) is 5.10. The first-order valence-electron chi connectivity index (χ1n) is 8.04. The van der Waals surface area contributed by atoms with Gasteiger partial charge in [0.25, 0.3) is 0 Å². The molecule has 2 aromatic rings. The molecule has 1 aliphatic heterocycles. The standard InChI is InChI=1S/C19H23ClN2/c1-2-21-12-14-22(15-13-21)19(16-6-4-3-5-7-16)17-8-10-18(20)11-9-17/h3-11,19H,2,12-15H2,1H3/t19-/m1/s1. The van der Waals surface area contributed by atoms with Crippen molar-refractivity contribution < 1.29 is 0 Å². The van der Waals surface area contributed by atoms with Crippen molar-refractivity contribution in [3.05, 3.63) is 70.7 Å². The Bertz CT molecular complexity index is 574. The largest absolute Gasteiger partial charge is 0.301 e. The Labute approximate surface area is 138 Å². The van der Waals surface area contributed by atoms with Crippen LogP contribution in [-0.2, 0) is 0 Å². The maximum atomic E-state index is 6.07. The van der Waals surface area contributed by atoms with Crippen molar-refractivity contribution in [2.75, 3.05) is 32.7 Å². The van der Waals surface area contributed by atoms with Crippen molar-refractivity contribution in [2.45, 2.75) is 13.0 Å². The zero-order valence-corrected chi connectivity index (χ0v) is 13.8. The molecule has 0 aromatic heterocycles. The van der Waals surface area contributed by atoms with E-state index in [4.69, 9.17) is 11.6 Å². The fraction of sp³-hybridized carbons (Fsp3) is 0.368. The van der Waals surface area contributed by atoms with E-state index in [2.05, 4.69) is 59.2 Å². The monoisotopic (exact) mass is 314 g/mol. The molecule has 22 heavy (non-hydrogen) atoms. The number of piperazine rings is 1. The van der Waals surface area contributed by atoms with Gasteiger partial charge in [0.2, 0.25) is 0 Å². The highest BCUT2D eigenvalue weighted by Gasteiger charge is 2.25. The Hall–Kier alpha value is -1.35. The van der Waals surface area contributed by atoms with Gasteiger partial charge in [0.1, 0.15) is 0 Å². The number of halogens is 1. The zero-order valence-electron chi connectivity index (χ0n) is 13.1. The van der Waals surface area contributed by atoms with Crippen LogP contribution >= 0.6 is 11.6 Å². The molecule has 0 saturated carbocycles. The Morgan fingerprint density at radius 2 is 1.45 bits per heavy atom. The number of nitrogens with zero attached hydrogens (tertiary/aromatic N) is 2. The van der Waals surface area contributed by atoms with E-state index in [-0.39, 0.29) is 0 Å². The van der Waals surface area contributed by atoms with E-state index in [0.29, 0.717) is 6.04 Å². The van der Waals surface area contributed by atoms with E-state index in [0.717, 1.165) is 37.7 Å². The Morgan fingerprint density at radius 3 is 2.05 bits per heavy atom. The number of hydrogen-bond acceptors (Lipinski definition) is 2. The van der Waals surface area contributed by atoms with Crippen LogP contribution in [0.2, 0.25) is 5.02 Å². The topological polar surface area (TPSA) is 6.48 Å². The predicted molar refractivity (Wildman–Crippen MR) is 93.4 cm³/mol. The third kappa shape index (κ3) is 3.52. The molecule has 0 N–H and O–H groups in total. The van der Waals surface area contributed by atoms with Crippen molar-refractivity contribution in [1.82, 2.24) is 9.80 Å². The van der Waals surface area contributed by atoms with Gasteiger partial charge < -0.3 is 4.90 Å². The normalized spacial score (nSPS) is 18.3. The molecule has 0 unspecified atom stereocenters. The fourth-order valence-electron chi connectivity index (χ4n) is 3.23. The molecule has 0 spiro atoms. The molecule has 0 aliphatic carbocycles. The minimum Gasteiger partial charge on any atom is -0.301 e. The molecule has 3 rings (SSSR count). The van der Waals surface area contributed by atoms with E-state index in [1.165, 1.54) is 11.1 Å². The fourth-order valence-corrected chi connectivity index (χ4v) is 3.36. The Morgan fingerprint density at radius 1 is 0.864 bits per heavy atom. The lowest BCUT2D eigenvalue weighted by molar-refractivity contribution is 0.113. The SMILES string of the molecule is CCN1CCN([C@H](c2ccccc2)c2ccc(Cl)cc2)CC1. The molecule has 2 nitrogen and oxygen atoms in total. The van der Waals surface area contributed by atoms with E-state index >= 15 is 0 Å². The molecule has 1 fully saturated rings. The number of hydrogen-bond donors (Lipinski definition) is 0. The molecule has 116 valence electrons. The summed E-state index contributed by atoms with van der Waals surface area (Å²) < 4.78 is 0. The second-order valence-corrected chi connectivity index (χ2v) is 6.27. The molecule has 0 radical (unpaired) electrons. The lowest BCUT2D eigenvalue weighted by Gasteiger charge is -2.39. The van der Waals surface area contributed by atoms with Crippen molar-refractivity contribution in [1.29, 1.82) is 0 Å². The molecular formula is C19H23ClN2. The average molecular weight is 315 g/mol. The van der Waals surface area contributed by atoms with Crippen molar-refractivity contribution in [3.63, 3.8) is 0 Å². The smallest absolute Gasteiger partial charge is 0.0602 e. The van der Waals surface area contributed by atoms with Gasteiger partial charge in [0.15, 0.2) is 0 Å². The Balaban J connectivity index is 1.88. The van der Waals surface area contributed by atoms with Gasteiger partial charge >= 0.3 is 0 Å². The number of rotatable bonds is 4. The first-order chi connectivity index (χ1) is 10.8. The third-order valence-electron chi connectivity index (χ3n) is 4.52. The van der Waals surface area contributed by atoms with Crippen LogP contribution in [0.15, 0.2) is 54.6 Å². The van der Waals surface area contributed by atoms with Gasteiger partial charge in [-0.25, -0.2) is 0 Å². The maximum absolute atomic E-state index is 6.07. The molecule has 1 atom stereocenters. The average Bonchev–Trinajstić information content (AvgIpc) is 2.58. The number of likely N-dealkylation sites (N-methyl/N-ethyl adjacent to an activating group) is 1. The van der Waals surface area contributed by atoms with Crippen LogP contribution in [0.5, 0.6) is 0 Å². The highest BCUT2D eigenvalue weighted by Crippen LogP contribution is 2.30. The van der Waals surface area contributed by atoms with Crippen LogP contribution in [0, 0.1) is 0 Å². The molecular weight excluding hydrogens is 292 g/mol. The van der Waals surface area contributed by atoms with Crippen LogP contribution < -0.4 is 0 Å². The first kappa shape index (κ1) is 15.5. The van der Waals surface area contributed by atoms with Gasteiger partial charge in [-0.1, -0.05) is 61.0 Å². The molecule has 1 saturated heterocycles. The lowest BCUT2D eigenvalue weighted by atomic mass is 9.96. The highest BCUT2D eigenvalue weighted by atomic mass is 35.5. The lowest BCUT2D eigenvalue weighted by Crippen LogP contribution is -2.47. The minimum absolute atomic E-state index is 0.317. The van der Waals surface area contributed by atoms with Gasteiger partial charge in [-0.15, -0.1) is 0 Å². The molecule has 0 amide bonds. The molecule has 0 bridgehead atoms. The molecule has 2 aromatic carbocycles. The van der Waals surface area contributed by atoms with Crippen LogP contribution in [0.1, 0.15) is 24.1 Å². The summed E-state index contributed by atoms with van der Waals surface area (Å²) in [6.07, 6.45) is 0.